The first-order chi connectivity index (χ1) is 16.4. The van der Waals surface area contributed by atoms with Gasteiger partial charge in [0, 0.05) is 61.8 Å². The molecule has 2 heterocycles. The zero-order valence-electron chi connectivity index (χ0n) is 21.0. The van der Waals surface area contributed by atoms with Crippen molar-refractivity contribution in [1.29, 1.82) is 0 Å². The normalized spacial score (nSPS) is 10.9. The summed E-state index contributed by atoms with van der Waals surface area (Å²) >= 11 is -0.826. The van der Waals surface area contributed by atoms with Crippen molar-refractivity contribution in [2.45, 2.75) is 38.5 Å². The summed E-state index contributed by atoms with van der Waals surface area (Å²) in [6.07, 6.45) is 0. The third-order valence-corrected chi connectivity index (χ3v) is 5.71. The van der Waals surface area contributed by atoms with Crippen LogP contribution >= 0.6 is 17.8 Å². The Morgan fingerprint density at radius 2 is 1.27 bits per heavy atom. The van der Waals surface area contributed by atoms with Crippen LogP contribution in [-0.2, 0) is 10.8 Å². The van der Waals surface area contributed by atoms with Gasteiger partial charge in [-0.2, -0.15) is 0 Å². The Morgan fingerprint density at radius 3 is 1.68 bits per heavy atom. The van der Waals surface area contributed by atoms with Crippen LogP contribution < -0.4 is 5.73 Å². The van der Waals surface area contributed by atoms with E-state index in [1.165, 1.54) is 12.1 Å². The van der Waals surface area contributed by atoms with Gasteiger partial charge in [-0.3, -0.25) is 10.1 Å². The van der Waals surface area contributed by atoms with E-state index < -0.39 is 23.8 Å². The van der Waals surface area contributed by atoms with Crippen LogP contribution in [0.5, 0.6) is 0 Å². The molecule has 2 radical (unpaired) electrons. The molecule has 37 heavy (non-hydrogen) atoms. The molecule has 4 aromatic rings. The van der Waals surface area contributed by atoms with Gasteiger partial charge in [0.15, 0.2) is 0 Å². The molecule has 204 valence electrons. The van der Waals surface area contributed by atoms with Gasteiger partial charge in [0.2, 0.25) is 0 Å². The third-order valence-electron chi connectivity index (χ3n) is 5.71. The van der Waals surface area contributed by atoms with Crippen LogP contribution in [0.1, 0.15) is 39.1 Å². The second kappa shape index (κ2) is 14.8. The number of nitrogens with one attached hydrogen (secondary N) is 2. The van der Waals surface area contributed by atoms with Gasteiger partial charge in [-0.15, -0.1) is 0 Å². The van der Waals surface area contributed by atoms with Gasteiger partial charge in [0.25, 0.3) is 5.69 Å². The van der Waals surface area contributed by atoms with Crippen LogP contribution in [0.25, 0.3) is 21.8 Å². The molecule has 2 aromatic heterocycles. The van der Waals surface area contributed by atoms with Crippen molar-refractivity contribution in [1.82, 2.24) is 9.97 Å². The molecule has 0 aliphatic rings. The van der Waals surface area contributed by atoms with E-state index in [1.54, 1.807) is 6.07 Å². The monoisotopic (exact) mass is 664 g/mol. The number of H-pyrrole nitrogens is 2. The number of nitrogens with two attached hydrogens (primary N) is 1. The van der Waals surface area contributed by atoms with E-state index >= 15 is 0 Å². The first-order valence-corrected chi connectivity index (χ1v) is 18.0. The summed E-state index contributed by atoms with van der Waals surface area (Å²) in [5, 5.41) is 31.1. The van der Waals surface area contributed by atoms with Gasteiger partial charge in [-0.1, -0.05) is 27.7 Å². The Bertz CT molecular complexity index is 1290. The summed E-state index contributed by atoms with van der Waals surface area (Å²) < 4.78 is 0. The topological polar surface area (TPSA) is 204 Å². The molecule has 10 N–H and O–H groups in total. The van der Waals surface area contributed by atoms with Crippen LogP contribution in [0.15, 0.2) is 48.5 Å². The molecular weight excluding hydrogens is 630 g/mol. The molecule has 0 spiro atoms. The number of aliphatic hydroxyl groups excluding tert-OH is 2. The number of nitro benzene ring substituents is 1. The maximum absolute atomic E-state index is 10.7. The number of halogens is 2. The molecule has 0 saturated carbocycles. The molecule has 0 amide bonds. The Labute approximate surface area is 232 Å². The maximum atomic E-state index is 10.7. The molecule has 2 aromatic carbocycles. The molecule has 0 fully saturated rings. The van der Waals surface area contributed by atoms with Crippen LogP contribution in [0.4, 0.5) is 11.4 Å². The number of non-ortho nitro benzene ring substituents is 1. The number of anilines is 1. The Balaban J connectivity index is 0.000000607. The van der Waals surface area contributed by atoms with E-state index in [9.17, 15) is 20.3 Å². The third kappa shape index (κ3) is 9.02. The molecule has 0 bridgehead atoms. The minimum atomic E-state index is -0.826. The number of nitro groups is 1. The van der Waals surface area contributed by atoms with E-state index in [4.69, 9.17) is 23.6 Å². The number of aliphatic hydroxyl groups is 2. The summed E-state index contributed by atoms with van der Waals surface area (Å²) in [5.41, 5.74) is 9.72. The van der Waals surface area contributed by atoms with Crippen LogP contribution in [0.3, 0.4) is 0 Å². The molecule has 0 aliphatic heterocycles. The molecule has 0 saturated heterocycles. The van der Waals surface area contributed by atoms with E-state index in [0.717, 1.165) is 38.9 Å². The summed E-state index contributed by atoms with van der Waals surface area (Å²) in [6, 6.07) is 14.3. The number of aromatic amines is 2. The molecule has 13 heteroatoms. The van der Waals surface area contributed by atoms with Crippen molar-refractivity contribution >= 4 is 69.9 Å². The number of hydrogen-bond donors (Lipinski definition) is 5. The van der Waals surface area contributed by atoms with Crippen molar-refractivity contribution < 1.29 is 26.1 Å². The summed E-state index contributed by atoms with van der Waals surface area (Å²) in [7, 11) is 9.87. The zero-order chi connectivity index (χ0) is 26.4. The van der Waals surface area contributed by atoms with Crippen LogP contribution in [0.2, 0.25) is 0 Å². The van der Waals surface area contributed by atoms with E-state index in [2.05, 4.69) is 9.97 Å². The van der Waals surface area contributed by atoms with Crippen LogP contribution in [-0.4, -0.2) is 68.2 Å². The van der Waals surface area contributed by atoms with Crippen molar-refractivity contribution in [2.75, 3.05) is 18.9 Å². The van der Waals surface area contributed by atoms with Gasteiger partial charge in [-0.05, 0) is 36.4 Å². The number of nitrogens with zero attached hydrogens (tertiary/aromatic N) is 1. The molecule has 0 unspecified atom stereocenters. The fourth-order valence-electron chi connectivity index (χ4n) is 3.28. The van der Waals surface area contributed by atoms with Crippen molar-refractivity contribution in [3.8, 4) is 0 Å². The second-order valence-electron chi connectivity index (χ2n) is 9.40. The molecular formula is C24H34Cl2N4O6Sn. The van der Waals surface area contributed by atoms with E-state index in [-0.39, 0.29) is 40.7 Å². The number of fused-ring (bicyclic) bond motifs is 2. The van der Waals surface area contributed by atoms with Gasteiger partial charge < -0.3 is 36.9 Å². The van der Waals surface area contributed by atoms with Gasteiger partial charge >= 0.3 is 36.7 Å². The summed E-state index contributed by atoms with van der Waals surface area (Å²) in [4.78, 5) is 16.7. The number of nitrogen functional groups attached to an aromatic ring is 1. The fourth-order valence-corrected chi connectivity index (χ4v) is 3.28. The zero-order valence-corrected chi connectivity index (χ0v) is 25.4. The molecule has 10 nitrogen and oxygen atoms in total. The average Bonchev–Trinajstić information content (AvgIpc) is 3.44. The standard InChI is InChI=1S/C12H14N2O3.C12H16N2O.2ClH.2H2O.Sn/c1-12(2,7-15)11-6-8-5-9(14(16)17)3-4-10(8)13-11;1-12(2,7-15)11-6-8-5-9(13)3-4-10(8)14-11;;;;;/h3-6,13,15H,7H2,1-2H3;3-6,14-15H,7,13H2,1-2H3;2*1H;2*1H2;/q;;;;;;+2/p-2. The molecule has 4 rings (SSSR count). The predicted molar refractivity (Wildman–Crippen MR) is 153 cm³/mol. The van der Waals surface area contributed by atoms with Gasteiger partial charge in [0.1, 0.15) is 0 Å². The summed E-state index contributed by atoms with van der Waals surface area (Å²) in [5.74, 6) is 0. The Morgan fingerprint density at radius 1 is 0.865 bits per heavy atom. The SMILES string of the molecule is CC(C)(CO)c1cc2cc(N)ccc2[nH]1.CC(C)(CO)c1cc2cc([N+](=O)[O-])ccc2[nH]1.O.O.[Cl][Sn][Cl]. The van der Waals surface area contributed by atoms with Gasteiger partial charge in [0.05, 0.1) is 18.1 Å². The second-order valence-corrected chi connectivity index (χ2v) is 13.6. The number of aromatic nitrogens is 2. The Hall–Kier alpha value is -2.06. The van der Waals surface area contributed by atoms with Crippen molar-refractivity contribution in [3.05, 3.63) is 70.0 Å². The van der Waals surface area contributed by atoms with Crippen LogP contribution in [0, 0.1) is 10.1 Å². The van der Waals surface area contributed by atoms with Gasteiger partial charge in [-0.25, -0.2) is 0 Å². The first kappa shape index (κ1) is 34.9. The number of rotatable bonds is 5. The molecule has 0 aliphatic carbocycles. The average molecular weight is 664 g/mol. The van der Waals surface area contributed by atoms with E-state index in [1.807, 2.05) is 58.0 Å². The number of hydrogen-bond acceptors (Lipinski definition) is 5. The van der Waals surface area contributed by atoms with Crippen molar-refractivity contribution in [3.63, 3.8) is 0 Å². The fraction of sp³-hybridized carbons (Fsp3) is 0.333. The quantitative estimate of drug-likeness (QED) is 0.0935. The molecule has 0 atom stereocenters. The first-order valence-electron chi connectivity index (χ1n) is 10.7. The van der Waals surface area contributed by atoms with Crippen molar-refractivity contribution in [2.24, 2.45) is 0 Å². The minimum absolute atomic E-state index is 0. The van der Waals surface area contributed by atoms with E-state index in [0.29, 0.717) is 0 Å². The predicted octanol–water partition coefficient (Wildman–Crippen LogP) is 3.71. The Kier molecular flexibility index (Phi) is 13.9. The number of benzene rings is 2. The summed E-state index contributed by atoms with van der Waals surface area (Å²) in [6.45, 7) is 7.96.